The van der Waals surface area contributed by atoms with E-state index in [1.54, 1.807) is 6.07 Å². The third-order valence-electron chi connectivity index (χ3n) is 1.47. The zero-order valence-electron chi connectivity index (χ0n) is 7.53. The van der Waals surface area contributed by atoms with E-state index in [1.165, 1.54) is 12.1 Å². The molecule has 0 unspecified atom stereocenters. The van der Waals surface area contributed by atoms with Gasteiger partial charge in [0, 0.05) is 19.5 Å². The smallest absolute Gasteiger partial charge is 0.157 e. The van der Waals surface area contributed by atoms with Gasteiger partial charge in [-0.1, -0.05) is 6.07 Å². The molecule has 0 amide bonds. The average molecular weight is 236 g/mol. The van der Waals surface area contributed by atoms with Crippen LogP contribution in [-0.4, -0.2) is 16.8 Å². The van der Waals surface area contributed by atoms with Crippen LogP contribution < -0.4 is 11.9 Å². The van der Waals surface area contributed by atoms with E-state index < -0.39 is 0 Å². The Bertz CT molecular complexity index is 256. The Labute approximate surface area is 90.1 Å². The fourth-order valence-corrected chi connectivity index (χ4v) is 0.891. The molecular formula is C8H14N2O2Zn. The van der Waals surface area contributed by atoms with Crippen LogP contribution >= 0.6 is 0 Å². The average Bonchev–Trinajstić information content (AvgIpc) is 1.98. The normalized spacial score (nSPS) is 8.38. The molecule has 0 aliphatic rings. The first-order valence-electron chi connectivity index (χ1n) is 3.45. The first-order valence-corrected chi connectivity index (χ1v) is 3.45. The molecule has 0 fully saturated rings. The van der Waals surface area contributed by atoms with Gasteiger partial charge in [0.2, 0.25) is 0 Å². The van der Waals surface area contributed by atoms with Gasteiger partial charge in [0.25, 0.3) is 0 Å². The van der Waals surface area contributed by atoms with Crippen LogP contribution in [-0.2, 0) is 25.9 Å². The number of hydrogen-bond donors (Lipinski definition) is 4. The number of nitrogens with two attached hydrogens (primary N) is 1. The predicted molar refractivity (Wildman–Crippen MR) is 47.6 cm³/mol. The van der Waals surface area contributed by atoms with Gasteiger partial charge < -0.3 is 22.1 Å². The van der Waals surface area contributed by atoms with Crippen LogP contribution in [0.5, 0.6) is 11.5 Å². The van der Waals surface area contributed by atoms with Crippen molar-refractivity contribution < 1.29 is 29.7 Å². The summed E-state index contributed by atoms with van der Waals surface area (Å²) in [6, 6.07) is 4.71. The Morgan fingerprint density at radius 1 is 1.15 bits per heavy atom. The largest absolute Gasteiger partial charge is 0.504 e. The van der Waals surface area contributed by atoms with E-state index >= 15 is 0 Å². The molecule has 0 spiro atoms. The van der Waals surface area contributed by atoms with E-state index in [-0.39, 0.29) is 37.1 Å². The maximum Gasteiger partial charge on any atom is 0.157 e. The Balaban J connectivity index is 0. The molecule has 0 radical (unpaired) electrons. The fraction of sp³-hybridized carbons (Fsp3) is 0.250. The van der Waals surface area contributed by atoms with E-state index in [0.29, 0.717) is 13.0 Å². The molecule has 0 bridgehead atoms. The summed E-state index contributed by atoms with van der Waals surface area (Å²) in [5.74, 6) is -0.179. The standard InChI is InChI=1S/C8H11NO2.H3N.Zn/c9-4-3-6-1-2-7(10)8(11)5-6;;/h1-2,5,10-11H,3-4,9H2;1H3;. The van der Waals surface area contributed by atoms with Crippen molar-refractivity contribution in [3.63, 3.8) is 0 Å². The molecule has 0 saturated carbocycles. The van der Waals surface area contributed by atoms with Crippen LogP contribution in [0.15, 0.2) is 18.2 Å². The minimum absolute atomic E-state index is 0. The summed E-state index contributed by atoms with van der Waals surface area (Å²) < 4.78 is 0. The zero-order valence-corrected chi connectivity index (χ0v) is 10.5. The first kappa shape index (κ1) is 14.9. The molecule has 0 aromatic heterocycles. The summed E-state index contributed by atoms with van der Waals surface area (Å²) in [6.07, 6.45) is 0.716. The van der Waals surface area contributed by atoms with E-state index in [0.717, 1.165) is 5.56 Å². The molecule has 1 rings (SSSR count). The number of phenolic OH excluding ortho intramolecular Hbond substituents is 2. The SMILES string of the molecule is N.NCCc1ccc(O)c(O)c1.[Zn]. The van der Waals surface area contributed by atoms with Gasteiger partial charge in [0.15, 0.2) is 11.5 Å². The number of benzene rings is 1. The van der Waals surface area contributed by atoms with E-state index in [2.05, 4.69) is 0 Å². The fourth-order valence-electron chi connectivity index (χ4n) is 0.891. The summed E-state index contributed by atoms with van der Waals surface area (Å²) in [4.78, 5) is 0. The predicted octanol–water partition coefficient (Wildman–Crippen LogP) is 0.758. The van der Waals surface area contributed by atoms with Crippen molar-refractivity contribution in [1.29, 1.82) is 0 Å². The van der Waals surface area contributed by atoms with E-state index in [1.807, 2.05) is 0 Å². The minimum Gasteiger partial charge on any atom is -0.504 e. The number of rotatable bonds is 2. The van der Waals surface area contributed by atoms with Gasteiger partial charge in [0.05, 0.1) is 0 Å². The van der Waals surface area contributed by atoms with E-state index in [9.17, 15) is 0 Å². The van der Waals surface area contributed by atoms with Gasteiger partial charge in [-0.15, -0.1) is 0 Å². The molecular weight excluding hydrogens is 221 g/mol. The van der Waals surface area contributed by atoms with Crippen molar-refractivity contribution in [2.75, 3.05) is 6.54 Å². The molecule has 13 heavy (non-hydrogen) atoms. The zero-order chi connectivity index (χ0) is 8.27. The molecule has 1 aromatic rings. The van der Waals surface area contributed by atoms with E-state index in [4.69, 9.17) is 15.9 Å². The summed E-state index contributed by atoms with van der Waals surface area (Å²) in [6.45, 7) is 0.546. The monoisotopic (exact) mass is 234 g/mol. The van der Waals surface area contributed by atoms with Crippen molar-refractivity contribution in [3.8, 4) is 11.5 Å². The van der Waals surface area contributed by atoms with Crippen molar-refractivity contribution in [3.05, 3.63) is 23.8 Å². The van der Waals surface area contributed by atoms with Crippen LogP contribution in [0.25, 0.3) is 0 Å². The molecule has 7 N–H and O–H groups in total. The molecule has 4 nitrogen and oxygen atoms in total. The Hall–Kier alpha value is -0.637. The second-order valence-corrected chi connectivity index (χ2v) is 2.36. The Morgan fingerprint density at radius 3 is 2.23 bits per heavy atom. The minimum atomic E-state index is -0.0919. The third kappa shape index (κ3) is 4.22. The van der Waals surface area contributed by atoms with Crippen LogP contribution in [0.2, 0.25) is 0 Å². The molecule has 0 heterocycles. The van der Waals surface area contributed by atoms with Crippen LogP contribution in [0, 0.1) is 0 Å². The molecule has 0 aliphatic carbocycles. The molecule has 70 valence electrons. The quantitative estimate of drug-likeness (QED) is 0.449. The van der Waals surface area contributed by atoms with Crippen LogP contribution in [0.1, 0.15) is 5.56 Å². The third-order valence-corrected chi connectivity index (χ3v) is 1.47. The van der Waals surface area contributed by atoms with Gasteiger partial charge in [0.1, 0.15) is 0 Å². The molecule has 5 heteroatoms. The Morgan fingerprint density at radius 2 is 1.77 bits per heavy atom. The molecule has 0 atom stereocenters. The number of phenols is 2. The second kappa shape index (κ2) is 6.83. The number of hydrogen-bond acceptors (Lipinski definition) is 4. The van der Waals surface area contributed by atoms with Gasteiger partial charge in [-0.05, 0) is 30.7 Å². The summed E-state index contributed by atoms with van der Waals surface area (Å²) in [5, 5.41) is 18.0. The van der Waals surface area contributed by atoms with Gasteiger partial charge in [-0.2, -0.15) is 0 Å². The first-order chi connectivity index (χ1) is 5.24. The van der Waals surface area contributed by atoms with Crippen LogP contribution in [0.4, 0.5) is 0 Å². The van der Waals surface area contributed by atoms with Crippen molar-refractivity contribution >= 4 is 0 Å². The number of aromatic hydroxyl groups is 2. The molecule has 0 saturated heterocycles. The maximum atomic E-state index is 9.04. The second-order valence-electron chi connectivity index (χ2n) is 2.36. The molecule has 0 aliphatic heterocycles. The Kier molecular flexibility index (Phi) is 7.81. The van der Waals surface area contributed by atoms with Crippen molar-refractivity contribution in [2.24, 2.45) is 5.73 Å². The van der Waals surface area contributed by atoms with Crippen molar-refractivity contribution in [1.82, 2.24) is 6.15 Å². The molecule has 1 aromatic carbocycles. The topological polar surface area (TPSA) is 101 Å². The van der Waals surface area contributed by atoms with Crippen LogP contribution in [0.3, 0.4) is 0 Å². The van der Waals surface area contributed by atoms with Gasteiger partial charge in [-0.3, -0.25) is 0 Å². The van der Waals surface area contributed by atoms with Gasteiger partial charge >= 0.3 is 0 Å². The summed E-state index contributed by atoms with van der Waals surface area (Å²) in [5.41, 5.74) is 6.24. The maximum absolute atomic E-state index is 9.04. The summed E-state index contributed by atoms with van der Waals surface area (Å²) in [7, 11) is 0. The van der Waals surface area contributed by atoms with Crippen molar-refractivity contribution in [2.45, 2.75) is 6.42 Å². The van der Waals surface area contributed by atoms with Gasteiger partial charge in [-0.25, -0.2) is 0 Å². The summed E-state index contributed by atoms with van der Waals surface area (Å²) >= 11 is 0.